The molecule has 0 fully saturated rings. The van der Waals surface area contributed by atoms with Crippen LogP contribution in [-0.2, 0) is 13.1 Å². The Morgan fingerprint density at radius 1 is 1.20 bits per heavy atom. The van der Waals surface area contributed by atoms with Crippen LogP contribution in [-0.4, -0.2) is 36.6 Å². The summed E-state index contributed by atoms with van der Waals surface area (Å²) in [5.74, 6) is 3.40. The molecular weight excluding hydrogens is 312 g/mol. The van der Waals surface area contributed by atoms with Gasteiger partial charge in [0, 0.05) is 33.4 Å². The lowest BCUT2D eigenvalue weighted by Crippen LogP contribution is -2.39. The van der Waals surface area contributed by atoms with Crippen molar-refractivity contribution in [1.29, 1.82) is 0 Å². The highest BCUT2D eigenvalue weighted by Gasteiger charge is 2.13. The number of aromatic nitrogens is 1. The molecule has 130 valence electrons. The van der Waals surface area contributed by atoms with Gasteiger partial charge in [-0.25, -0.2) is 9.78 Å². The lowest BCUT2D eigenvalue weighted by molar-refractivity contribution is 0.201. The molecule has 5 heteroatoms. The molecule has 2 rings (SSSR count). The van der Waals surface area contributed by atoms with Gasteiger partial charge in [-0.15, -0.1) is 6.42 Å². The van der Waals surface area contributed by atoms with E-state index in [0.717, 1.165) is 16.9 Å². The molecule has 0 aliphatic heterocycles. The number of carbonyl (C=O) groups is 1. The third-order valence-electron chi connectivity index (χ3n) is 3.78. The predicted molar refractivity (Wildman–Crippen MR) is 101 cm³/mol. The zero-order valence-electron chi connectivity index (χ0n) is 15.0. The van der Waals surface area contributed by atoms with Crippen LogP contribution in [0.3, 0.4) is 0 Å². The minimum absolute atomic E-state index is 0.179. The number of hydrogen-bond donors (Lipinski definition) is 1. The molecule has 0 radical (unpaired) electrons. The van der Waals surface area contributed by atoms with E-state index in [1.165, 1.54) is 5.56 Å². The molecule has 0 bridgehead atoms. The van der Waals surface area contributed by atoms with Crippen LogP contribution in [0.5, 0.6) is 0 Å². The van der Waals surface area contributed by atoms with Gasteiger partial charge in [-0.2, -0.15) is 0 Å². The zero-order valence-corrected chi connectivity index (χ0v) is 15.0. The number of urea groups is 1. The number of amides is 2. The van der Waals surface area contributed by atoms with Gasteiger partial charge in [0.1, 0.15) is 5.82 Å². The lowest BCUT2D eigenvalue weighted by atomic mass is 10.1. The highest BCUT2D eigenvalue weighted by atomic mass is 16.2. The second kappa shape index (κ2) is 8.74. The summed E-state index contributed by atoms with van der Waals surface area (Å²) < 4.78 is 0. The van der Waals surface area contributed by atoms with E-state index in [2.05, 4.69) is 16.2 Å². The first-order valence-corrected chi connectivity index (χ1v) is 8.13. The van der Waals surface area contributed by atoms with Gasteiger partial charge in [-0.1, -0.05) is 35.7 Å². The summed E-state index contributed by atoms with van der Waals surface area (Å²) >= 11 is 0. The van der Waals surface area contributed by atoms with E-state index in [9.17, 15) is 4.79 Å². The van der Waals surface area contributed by atoms with Gasteiger partial charge in [0.15, 0.2) is 0 Å². The highest BCUT2D eigenvalue weighted by molar-refractivity contribution is 5.74. The van der Waals surface area contributed by atoms with Crippen molar-refractivity contribution in [1.82, 2.24) is 15.2 Å². The Kier molecular flexibility index (Phi) is 6.41. The normalized spacial score (nSPS) is 10.0. The van der Waals surface area contributed by atoms with Crippen molar-refractivity contribution in [2.24, 2.45) is 0 Å². The number of rotatable bonds is 6. The molecule has 2 aromatic rings. The average molecular weight is 336 g/mol. The molecule has 25 heavy (non-hydrogen) atoms. The van der Waals surface area contributed by atoms with Gasteiger partial charge < -0.3 is 15.1 Å². The molecule has 0 aliphatic rings. The summed E-state index contributed by atoms with van der Waals surface area (Å²) in [6.45, 7) is 3.21. The number of aryl methyl sites for hydroxylation is 1. The van der Waals surface area contributed by atoms with Gasteiger partial charge in [-0.05, 0) is 30.2 Å². The molecule has 0 saturated carbocycles. The number of benzene rings is 1. The topological polar surface area (TPSA) is 48.5 Å². The fourth-order valence-corrected chi connectivity index (χ4v) is 2.33. The van der Waals surface area contributed by atoms with Crippen LogP contribution in [0.4, 0.5) is 10.6 Å². The number of nitrogens with one attached hydrogen (secondary N) is 1. The molecule has 1 aromatic carbocycles. The van der Waals surface area contributed by atoms with Crippen molar-refractivity contribution >= 4 is 11.8 Å². The smallest absolute Gasteiger partial charge is 0.318 e. The largest absolute Gasteiger partial charge is 0.363 e. The first-order valence-electron chi connectivity index (χ1n) is 8.13. The van der Waals surface area contributed by atoms with Gasteiger partial charge in [0.2, 0.25) is 0 Å². The van der Waals surface area contributed by atoms with Crippen molar-refractivity contribution in [2.75, 3.05) is 25.5 Å². The number of anilines is 1. The van der Waals surface area contributed by atoms with E-state index < -0.39 is 0 Å². The van der Waals surface area contributed by atoms with Crippen LogP contribution in [0.1, 0.15) is 16.7 Å². The predicted octanol–water partition coefficient (Wildman–Crippen LogP) is 2.80. The molecule has 5 nitrogen and oxygen atoms in total. The maximum atomic E-state index is 12.5. The number of nitrogens with zero attached hydrogens (tertiary/aromatic N) is 3. The molecule has 0 spiro atoms. The van der Waals surface area contributed by atoms with Crippen LogP contribution in [0.15, 0.2) is 42.6 Å². The van der Waals surface area contributed by atoms with Crippen molar-refractivity contribution < 1.29 is 4.79 Å². The number of pyridine rings is 1. The minimum atomic E-state index is -0.179. The van der Waals surface area contributed by atoms with Crippen LogP contribution >= 0.6 is 0 Å². The van der Waals surface area contributed by atoms with Crippen molar-refractivity contribution in [2.45, 2.75) is 20.0 Å². The monoisotopic (exact) mass is 336 g/mol. The molecule has 2 amide bonds. The number of carbonyl (C=O) groups excluding carboxylic acids is 1. The third kappa shape index (κ3) is 5.54. The van der Waals surface area contributed by atoms with Crippen molar-refractivity contribution in [3.63, 3.8) is 0 Å². The van der Waals surface area contributed by atoms with Gasteiger partial charge >= 0.3 is 6.03 Å². The Labute approximate surface area is 149 Å². The molecule has 0 aliphatic carbocycles. The first-order chi connectivity index (χ1) is 12.0. The van der Waals surface area contributed by atoms with E-state index in [0.29, 0.717) is 13.1 Å². The van der Waals surface area contributed by atoms with E-state index in [-0.39, 0.29) is 12.6 Å². The van der Waals surface area contributed by atoms with E-state index in [1.54, 1.807) is 11.1 Å². The standard InChI is InChI=1S/C20H24N4O/c1-5-12-24(15-17-8-6-16(2)7-9-17)20(25)22-14-18-10-11-21-19(13-18)23(3)4/h1,6-11,13H,12,14-15H2,2-4H3,(H,22,25). The van der Waals surface area contributed by atoms with Crippen molar-refractivity contribution in [3.05, 3.63) is 59.3 Å². The van der Waals surface area contributed by atoms with E-state index in [1.807, 2.05) is 62.3 Å². The van der Waals surface area contributed by atoms with Crippen LogP contribution in [0, 0.1) is 19.3 Å². The summed E-state index contributed by atoms with van der Waals surface area (Å²) in [6, 6.07) is 11.7. The number of hydrogen-bond acceptors (Lipinski definition) is 3. The molecule has 0 atom stereocenters. The molecule has 0 saturated heterocycles. The Hall–Kier alpha value is -3.00. The minimum Gasteiger partial charge on any atom is -0.363 e. The fourth-order valence-electron chi connectivity index (χ4n) is 2.33. The van der Waals surface area contributed by atoms with E-state index in [4.69, 9.17) is 6.42 Å². The molecule has 1 aromatic heterocycles. The highest BCUT2D eigenvalue weighted by Crippen LogP contribution is 2.10. The van der Waals surface area contributed by atoms with Gasteiger partial charge in [0.05, 0.1) is 6.54 Å². The van der Waals surface area contributed by atoms with Crippen molar-refractivity contribution in [3.8, 4) is 12.3 Å². The molecule has 1 heterocycles. The molecular formula is C20H24N4O. The SMILES string of the molecule is C#CCN(Cc1ccc(C)cc1)C(=O)NCc1ccnc(N(C)C)c1. The van der Waals surface area contributed by atoms with Crippen LogP contribution in [0.2, 0.25) is 0 Å². The Morgan fingerprint density at radius 2 is 1.92 bits per heavy atom. The van der Waals surface area contributed by atoms with Gasteiger partial charge in [0.25, 0.3) is 0 Å². The maximum Gasteiger partial charge on any atom is 0.318 e. The summed E-state index contributed by atoms with van der Waals surface area (Å²) in [6.07, 6.45) is 7.16. The lowest BCUT2D eigenvalue weighted by Gasteiger charge is -2.21. The maximum absolute atomic E-state index is 12.5. The first kappa shape index (κ1) is 18.3. The Balaban J connectivity index is 1.99. The third-order valence-corrected chi connectivity index (χ3v) is 3.78. The summed E-state index contributed by atoms with van der Waals surface area (Å²) in [5.41, 5.74) is 3.23. The van der Waals surface area contributed by atoms with E-state index >= 15 is 0 Å². The summed E-state index contributed by atoms with van der Waals surface area (Å²) in [7, 11) is 3.86. The Bertz CT molecular complexity index is 747. The van der Waals surface area contributed by atoms with Gasteiger partial charge in [-0.3, -0.25) is 0 Å². The van der Waals surface area contributed by atoms with Crippen LogP contribution < -0.4 is 10.2 Å². The quantitative estimate of drug-likeness (QED) is 0.825. The zero-order chi connectivity index (χ0) is 18.2. The fraction of sp³-hybridized carbons (Fsp3) is 0.300. The molecule has 0 unspecified atom stereocenters. The number of terminal acetylenes is 1. The average Bonchev–Trinajstić information content (AvgIpc) is 2.61. The second-order valence-electron chi connectivity index (χ2n) is 6.12. The summed E-state index contributed by atoms with van der Waals surface area (Å²) in [4.78, 5) is 20.3. The van der Waals surface area contributed by atoms with Crippen LogP contribution in [0.25, 0.3) is 0 Å². The Morgan fingerprint density at radius 3 is 2.56 bits per heavy atom. The molecule has 1 N–H and O–H groups in total. The summed E-state index contributed by atoms with van der Waals surface area (Å²) in [5, 5.41) is 2.93. The second-order valence-corrected chi connectivity index (χ2v) is 6.12.